The minimum absolute atomic E-state index is 0.247. The molecule has 96 valence electrons. The van der Waals surface area contributed by atoms with Gasteiger partial charge in [-0.2, -0.15) is 19.6 Å². The topological polar surface area (TPSA) is 69.1 Å². The van der Waals surface area contributed by atoms with Crippen molar-refractivity contribution in [1.82, 2.24) is 19.6 Å². The standard InChI is InChI=1S/C12H10BrN5S/c1-19-12-16-11(14)15-10-8(13)9(17-18(10)12)7-5-3-2-4-6-7/h2-6H,1H3,(H2,14,15). The van der Waals surface area contributed by atoms with Crippen LogP contribution in [0.25, 0.3) is 16.9 Å². The zero-order valence-corrected chi connectivity index (χ0v) is 12.4. The Labute approximate surface area is 122 Å². The van der Waals surface area contributed by atoms with Gasteiger partial charge in [-0.05, 0) is 22.2 Å². The smallest absolute Gasteiger partial charge is 0.224 e. The molecule has 0 spiro atoms. The summed E-state index contributed by atoms with van der Waals surface area (Å²) in [6.07, 6.45) is 1.93. The lowest BCUT2D eigenvalue weighted by Gasteiger charge is -2.00. The molecule has 19 heavy (non-hydrogen) atoms. The largest absolute Gasteiger partial charge is 0.368 e. The molecule has 7 heteroatoms. The summed E-state index contributed by atoms with van der Waals surface area (Å²) >= 11 is 5.03. The summed E-state index contributed by atoms with van der Waals surface area (Å²) in [6, 6.07) is 9.92. The number of halogens is 1. The van der Waals surface area contributed by atoms with Crippen LogP contribution in [-0.2, 0) is 0 Å². The molecule has 1 aromatic carbocycles. The van der Waals surface area contributed by atoms with Crippen LogP contribution in [0.5, 0.6) is 0 Å². The Balaban J connectivity index is 2.32. The van der Waals surface area contributed by atoms with Gasteiger partial charge in [0.2, 0.25) is 5.95 Å². The van der Waals surface area contributed by atoms with Crippen LogP contribution in [0.2, 0.25) is 0 Å². The number of nitrogen functional groups attached to an aromatic ring is 1. The third-order valence-electron chi connectivity index (χ3n) is 2.65. The van der Waals surface area contributed by atoms with E-state index in [1.165, 1.54) is 11.8 Å². The van der Waals surface area contributed by atoms with Gasteiger partial charge in [0.25, 0.3) is 0 Å². The molecule has 5 nitrogen and oxygen atoms in total. The highest BCUT2D eigenvalue weighted by Crippen LogP contribution is 2.31. The first-order valence-electron chi connectivity index (χ1n) is 5.52. The molecule has 0 radical (unpaired) electrons. The zero-order chi connectivity index (χ0) is 13.4. The molecule has 0 saturated carbocycles. The van der Waals surface area contributed by atoms with Crippen molar-refractivity contribution in [1.29, 1.82) is 0 Å². The fourth-order valence-electron chi connectivity index (χ4n) is 1.81. The van der Waals surface area contributed by atoms with E-state index in [4.69, 9.17) is 5.73 Å². The second-order valence-electron chi connectivity index (χ2n) is 3.83. The van der Waals surface area contributed by atoms with Crippen LogP contribution in [0, 0.1) is 0 Å². The van der Waals surface area contributed by atoms with Crippen LogP contribution < -0.4 is 5.73 Å². The van der Waals surface area contributed by atoms with E-state index >= 15 is 0 Å². The van der Waals surface area contributed by atoms with E-state index in [-0.39, 0.29) is 5.95 Å². The van der Waals surface area contributed by atoms with Crippen molar-refractivity contribution in [2.45, 2.75) is 5.16 Å². The first kappa shape index (κ1) is 12.4. The highest BCUT2D eigenvalue weighted by molar-refractivity contribution is 9.10. The lowest BCUT2D eigenvalue weighted by atomic mass is 10.2. The highest BCUT2D eigenvalue weighted by Gasteiger charge is 2.16. The molecule has 2 aromatic heterocycles. The summed E-state index contributed by atoms with van der Waals surface area (Å²) in [5.74, 6) is 0.247. The first-order valence-corrected chi connectivity index (χ1v) is 7.53. The third-order valence-corrected chi connectivity index (χ3v) is 4.01. The number of hydrogen-bond acceptors (Lipinski definition) is 5. The molecule has 0 fully saturated rings. The van der Waals surface area contributed by atoms with Gasteiger partial charge in [-0.15, -0.1) is 0 Å². The number of nitrogens with zero attached hydrogens (tertiary/aromatic N) is 4. The quantitative estimate of drug-likeness (QED) is 0.729. The third kappa shape index (κ3) is 2.08. The summed E-state index contributed by atoms with van der Waals surface area (Å²) in [5.41, 5.74) is 8.24. The van der Waals surface area contributed by atoms with E-state index < -0.39 is 0 Å². The summed E-state index contributed by atoms with van der Waals surface area (Å²) in [6.45, 7) is 0. The van der Waals surface area contributed by atoms with Crippen molar-refractivity contribution in [3.63, 3.8) is 0 Å². The van der Waals surface area contributed by atoms with Gasteiger partial charge in [0.05, 0.1) is 4.47 Å². The van der Waals surface area contributed by atoms with E-state index in [0.717, 1.165) is 15.7 Å². The van der Waals surface area contributed by atoms with Crippen molar-refractivity contribution in [3.8, 4) is 11.3 Å². The molecule has 0 aliphatic heterocycles. The molecule has 0 atom stereocenters. The molecule has 0 aliphatic rings. The zero-order valence-electron chi connectivity index (χ0n) is 10.0. The van der Waals surface area contributed by atoms with Crippen LogP contribution in [0.3, 0.4) is 0 Å². The van der Waals surface area contributed by atoms with Gasteiger partial charge in [0, 0.05) is 5.56 Å². The Morgan fingerprint density at radius 3 is 2.63 bits per heavy atom. The first-order chi connectivity index (χ1) is 9.20. The van der Waals surface area contributed by atoms with Gasteiger partial charge in [-0.3, -0.25) is 0 Å². The van der Waals surface area contributed by atoms with E-state index in [1.54, 1.807) is 4.52 Å². The van der Waals surface area contributed by atoms with Gasteiger partial charge in [0.1, 0.15) is 5.69 Å². The normalized spacial score (nSPS) is 11.1. The van der Waals surface area contributed by atoms with Gasteiger partial charge in [0.15, 0.2) is 10.8 Å². The minimum Gasteiger partial charge on any atom is -0.368 e. The number of rotatable bonds is 2. The van der Waals surface area contributed by atoms with E-state index in [9.17, 15) is 0 Å². The average Bonchev–Trinajstić information content (AvgIpc) is 2.76. The Morgan fingerprint density at radius 2 is 1.95 bits per heavy atom. The van der Waals surface area contributed by atoms with E-state index in [2.05, 4.69) is 31.0 Å². The van der Waals surface area contributed by atoms with Crippen molar-refractivity contribution < 1.29 is 0 Å². The number of anilines is 1. The summed E-state index contributed by atoms with van der Waals surface area (Å²) in [5, 5.41) is 5.28. The maximum absolute atomic E-state index is 5.72. The molecule has 3 rings (SSSR count). The maximum Gasteiger partial charge on any atom is 0.224 e. The summed E-state index contributed by atoms with van der Waals surface area (Å²) in [7, 11) is 0. The van der Waals surface area contributed by atoms with Gasteiger partial charge >= 0.3 is 0 Å². The highest BCUT2D eigenvalue weighted by atomic mass is 79.9. The lowest BCUT2D eigenvalue weighted by Crippen LogP contribution is -2.03. The molecule has 0 bridgehead atoms. The van der Waals surface area contributed by atoms with Crippen LogP contribution >= 0.6 is 27.7 Å². The van der Waals surface area contributed by atoms with Crippen molar-refractivity contribution >= 4 is 39.3 Å². The summed E-state index contributed by atoms with van der Waals surface area (Å²) in [4.78, 5) is 8.41. The molecule has 0 saturated heterocycles. The van der Waals surface area contributed by atoms with Crippen LogP contribution in [-0.4, -0.2) is 25.8 Å². The Kier molecular flexibility index (Phi) is 3.16. The van der Waals surface area contributed by atoms with Crippen LogP contribution in [0.1, 0.15) is 0 Å². The SMILES string of the molecule is CSc1nc(N)nc2c(Br)c(-c3ccccc3)nn12. The number of benzene rings is 1. The molecule has 0 amide bonds. The Hall–Kier alpha value is -1.60. The maximum atomic E-state index is 5.72. The molecule has 0 unspecified atom stereocenters. The van der Waals surface area contributed by atoms with Crippen molar-refractivity contribution in [2.24, 2.45) is 0 Å². The monoisotopic (exact) mass is 335 g/mol. The Morgan fingerprint density at radius 1 is 1.21 bits per heavy atom. The van der Waals surface area contributed by atoms with Gasteiger partial charge in [-0.1, -0.05) is 42.1 Å². The Bertz CT molecular complexity index is 741. The number of thioether (sulfide) groups is 1. The predicted molar refractivity (Wildman–Crippen MR) is 80.1 cm³/mol. The average molecular weight is 336 g/mol. The summed E-state index contributed by atoms with van der Waals surface area (Å²) < 4.78 is 2.52. The fraction of sp³-hybridized carbons (Fsp3) is 0.0833. The molecule has 2 heterocycles. The molecule has 3 aromatic rings. The van der Waals surface area contributed by atoms with Crippen LogP contribution in [0.15, 0.2) is 40.0 Å². The number of fused-ring (bicyclic) bond motifs is 1. The van der Waals surface area contributed by atoms with E-state index in [1.807, 2.05) is 36.6 Å². The second-order valence-corrected chi connectivity index (χ2v) is 5.40. The molecular formula is C12H10BrN5S. The fourth-order valence-corrected chi connectivity index (χ4v) is 2.86. The van der Waals surface area contributed by atoms with E-state index in [0.29, 0.717) is 10.8 Å². The lowest BCUT2D eigenvalue weighted by molar-refractivity contribution is 0.780. The van der Waals surface area contributed by atoms with Gasteiger partial charge in [-0.25, -0.2) is 0 Å². The second kappa shape index (κ2) is 4.82. The van der Waals surface area contributed by atoms with Crippen LogP contribution in [0.4, 0.5) is 5.95 Å². The number of nitrogens with two attached hydrogens (primary N) is 1. The minimum atomic E-state index is 0.247. The molecular weight excluding hydrogens is 326 g/mol. The van der Waals surface area contributed by atoms with Crippen molar-refractivity contribution in [2.75, 3.05) is 12.0 Å². The molecule has 2 N–H and O–H groups in total. The number of aromatic nitrogens is 4. The molecule has 0 aliphatic carbocycles. The van der Waals surface area contributed by atoms with Gasteiger partial charge < -0.3 is 5.73 Å². The predicted octanol–water partition coefficient (Wildman–Crippen LogP) is 2.86. The number of hydrogen-bond donors (Lipinski definition) is 1. The van der Waals surface area contributed by atoms with Crippen molar-refractivity contribution in [3.05, 3.63) is 34.8 Å².